The van der Waals surface area contributed by atoms with Crippen LogP contribution < -0.4 is 21.3 Å². The third-order valence-corrected chi connectivity index (χ3v) is 3.59. The maximum Gasteiger partial charge on any atom is 0.331 e. The number of methoxy groups -OCH3 is 2. The summed E-state index contributed by atoms with van der Waals surface area (Å²) in [5.74, 6) is -1.49. The number of nitrogens with one attached hydrogen (secondary N) is 3. The van der Waals surface area contributed by atoms with Crippen molar-refractivity contribution >= 4 is 11.9 Å². The Morgan fingerprint density at radius 1 is 1.29 bits per heavy atom. The molecule has 0 unspecified atom stereocenters. The number of carbonyl (C=O) groups is 2. The van der Waals surface area contributed by atoms with E-state index < -0.39 is 23.1 Å². The Hall–Kier alpha value is -3.48. The molecule has 0 bridgehead atoms. The molecule has 3 N–H and O–H groups in total. The van der Waals surface area contributed by atoms with Gasteiger partial charge >= 0.3 is 11.7 Å². The van der Waals surface area contributed by atoms with Gasteiger partial charge < -0.3 is 19.5 Å². The van der Waals surface area contributed by atoms with Gasteiger partial charge in [0.15, 0.2) is 5.69 Å². The number of ether oxygens (including phenoxy) is 3. The molecule has 2 heterocycles. The van der Waals surface area contributed by atoms with Crippen molar-refractivity contribution in [3.05, 3.63) is 38.4 Å². The van der Waals surface area contributed by atoms with Crippen molar-refractivity contribution in [2.45, 2.75) is 19.6 Å². The molecule has 152 valence electrons. The van der Waals surface area contributed by atoms with Gasteiger partial charge in [-0.15, -0.1) is 5.10 Å². The van der Waals surface area contributed by atoms with Crippen molar-refractivity contribution in [3.8, 4) is 5.75 Å². The van der Waals surface area contributed by atoms with Gasteiger partial charge in [0.2, 0.25) is 5.75 Å². The molecule has 0 spiro atoms. The van der Waals surface area contributed by atoms with Crippen LogP contribution >= 0.6 is 0 Å². The standard InChI is InChI=1S/C15H20N6O7/c1-8(21-5-9(19-20-21)6-28-7-10(22)26-2)4-16-13(23)11-12(27-3)14(24)18-15(25)17-11/h5,8H,4,6-7H2,1-3H3,(H,16,23)(H2,17,18,24,25)/t8-/m0/s1. The molecule has 2 rings (SSSR count). The largest absolute Gasteiger partial charge is 0.489 e. The van der Waals surface area contributed by atoms with Crippen LogP contribution in [-0.4, -0.2) is 64.2 Å². The summed E-state index contributed by atoms with van der Waals surface area (Å²) in [6.07, 6.45) is 1.60. The van der Waals surface area contributed by atoms with E-state index in [0.717, 1.165) is 0 Å². The average molecular weight is 396 g/mol. The Morgan fingerprint density at radius 2 is 2.04 bits per heavy atom. The van der Waals surface area contributed by atoms with Crippen LogP contribution in [0.1, 0.15) is 29.1 Å². The van der Waals surface area contributed by atoms with E-state index in [-0.39, 0.29) is 37.2 Å². The summed E-state index contributed by atoms with van der Waals surface area (Å²) < 4.78 is 15.9. The summed E-state index contributed by atoms with van der Waals surface area (Å²) in [4.78, 5) is 50.5. The number of hydrogen-bond acceptors (Lipinski definition) is 9. The van der Waals surface area contributed by atoms with Crippen molar-refractivity contribution in [2.75, 3.05) is 27.4 Å². The minimum Gasteiger partial charge on any atom is -0.489 e. The number of H-pyrrole nitrogens is 2. The second kappa shape index (κ2) is 9.45. The Bertz CT molecular complexity index is 947. The summed E-state index contributed by atoms with van der Waals surface area (Å²) in [6.45, 7) is 1.76. The first-order valence-corrected chi connectivity index (χ1v) is 8.09. The zero-order chi connectivity index (χ0) is 20.7. The van der Waals surface area contributed by atoms with Crippen molar-refractivity contribution in [1.29, 1.82) is 0 Å². The predicted octanol–water partition coefficient (Wildman–Crippen LogP) is -1.66. The first-order chi connectivity index (χ1) is 13.3. The second-order valence-corrected chi connectivity index (χ2v) is 5.63. The molecule has 0 saturated heterocycles. The Labute approximate surface area is 158 Å². The van der Waals surface area contributed by atoms with Crippen LogP contribution in [0.15, 0.2) is 15.8 Å². The van der Waals surface area contributed by atoms with Gasteiger partial charge in [-0.2, -0.15) is 0 Å². The van der Waals surface area contributed by atoms with E-state index in [0.29, 0.717) is 5.69 Å². The minimum absolute atomic E-state index is 0.0689. The van der Waals surface area contributed by atoms with Crippen LogP contribution in [0.3, 0.4) is 0 Å². The summed E-state index contributed by atoms with van der Waals surface area (Å²) in [7, 11) is 2.47. The van der Waals surface area contributed by atoms with Crippen LogP contribution in [0.25, 0.3) is 0 Å². The van der Waals surface area contributed by atoms with Gasteiger partial charge in [0.1, 0.15) is 12.3 Å². The fraction of sp³-hybridized carbons (Fsp3) is 0.467. The monoisotopic (exact) mass is 396 g/mol. The van der Waals surface area contributed by atoms with Crippen LogP contribution in [-0.2, 0) is 20.9 Å². The second-order valence-electron chi connectivity index (χ2n) is 5.63. The van der Waals surface area contributed by atoms with E-state index in [4.69, 9.17) is 9.47 Å². The number of hydrogen-bond donors (Lipinski definition) is 3. The molecule has 0 fully saturated rings. The first kappa shape index (κ1) is 20.8. The van der Waals surface area contributed by atoms with Gasteiger partial charge in [-0.1, -0.05) is 5.21 Å². The average Bonchev–Trinajstić information content (AvgIpc) is 3.14. The molecule has 0 aliphatic carbocycles. The third kappa shape index (κ3) is 5.26. The Morgan fingerprint density at radius 3 is 2.71 bits per heavy atom. The number of aromatic amines is 2. The number of esters is 1. The zero-order valence-corrected chi connectivity index (χ0v) is 15.5. The van der Waals surface area contributed by atoms with Gasteiger partial charge in [0.05, 0.1) is 33.1 Å². The smallest absolute Gasteiger partial charge is 0.331 e. The van der Waals surface area contributed by atoms with E-state index >= 15 is 0 Å². The maximum absolute atomic E-state index is 12.3. The number of carbonyl (C=O) groups excluding carboxylic acids is 2. The highest BCUT2D eigenvalue weighted by Gasteiger charge is 2.18. The molecule has 13 heteroatoms. The normalized spacial score (nSPS) is 11.7. The lowest BCUT2D eigenvalue weighted by Gasteiger charge is -2.13. The molecule has 2 aromatic heterocycles. The van der Waals surface area contributed by atoms with E-state index in [1.807, 2.05) is 4.98 Å². The van der Waals surface area contributed by atoms with E-state index in [9.17, 15) is 19.2 Å². The highest BCUT2D eigenvalue weighted by molar-refractivity contribution is 5.94. The topological polar surface area (TPSA) is 170 Å². The maximum atomic E-state index is 12.3. The molecule has 13 nitrogen and oxygen atoms in total. The van der Waals surface area contributed by atoms with Gasteiger partial charge in [0.25, 0.3) is 11.5 Å². The predicted molar refractivity (Wildman–Crippen MR) is 93.0 cm³/mol. The molecular formula is C15H20N6O7. The summed E-state index contributed by atoms with van der Waals surface area (Å²) in [5.41, 5.74) is -1.42. The molecule has 0 aromatic carbocycles. The Balaban J connectivity index is 1.95. The Kier molecular flexibility index (Phi) is 7.03. The van der Waals surface area contributed by atoms with Crippen LogP contribution in [0.2, 0.25) is 0 Å². The summed E-state index contributed by atoms with van der Waals surface area (Å²) in [5, 5.41) is 10.4. The van der Waals surface area contributed by atoms with Crippen molar-refractivity contribution < 1.29 is 23.8 Å². The number of amides is 1. The molecule has 0 radical (unpaired) electrons. The fourth-order valence-corrected chi connectivity index (χ4v) is 2.14. The third-order valence-electron chi connectivity index (χ3n) is 3.59. The van der Waals surface area contributed by atoms with Crippen LogP contribution in [0, 0.1) is 0 Å². The molecule has 0 aliphatic rings. The van der Waals surface area contributed by atoms with Gasteiger partial charge in [-0.25, -0.2) is 14.3 Å². The fourth-order valence-electron chi connectivity index (χ4n) is 2.14. The lowest BCUT2D eigenvalue weighted by molar-refractivity contribution is -0.146. The molecule has 0 saturated carbocycles. The van der Waals surface area contributed by atoms with E-state index in [2.05, 4.69) is 25.3 Å². The summed E-state index contributed by atoms with van der Waals surface area (Å²) in [6, 6.07) is -0.300. The number of nitrogens with zero attached hydrogens (tertiary/aromatic N) is 3. The van der Waals surface area contributed by atoms with E-state index in [1.165, 1.54) is 18.9 Å². The first-order valence-electron chi connectivity index (χ1n) is 8.09. The number of aromatic nitrogens is 5. The lowest BCUT2D eigenvalue weighted by Crippen LogP contribution is -2.35. The zero-order valence-electron chi connectivity index (χ0n) is 15.5. The molecule has 1 atom stereocenters. The molecule has 28 heavy (non-hydrogen) atoms. The SMILES string of the molecule is COC(=O)COCc1cn([C@@H](C)CNC(=O)c2[nH]c(=O)[nH]c(=O)c2OC)nn1. The molecular weight excluding hydrogens is 376 g/mol. The van der Waals surface area contributed by atoms with Gasteiger partial charge in [-0.3, -0.25) is 19.6 Å². The quantitative estimate of drug-likeness (QED) is 0.420. The van der Waals surface area contributed by atoms with Crippen LogP contribution in [0.4, 0.5) is 0 Å². The molecule has 2 aromatic rings. The lowest BCUT2D eigenvalue weighted by atomic mass is 10.3. The van der Waals surface area contributed by atoms with Gasteiger partial charge in [-0.05, 0) is 6.92 Å². The van der Waals surface area contributed by atoms with Crippen molar-refractivity contribution in [3.63, 3.8) is 0 Å². The molecule has 1 amide bonds. The highest BCUT2D eigenvalue weighted by Crippen LogP contribution is 2.08. The van der Waals surface area contributed by atoms with Crippen LogP contribution in [0.5, 0.6) is 5.75 Å². The van der Waals surface area contributed by atoms with Crippen molar-refractivity contribution in [1.82, 2.24) is 30.3 Å². The van der Waals surface area contributed by atoms with Crippen molar-refractivity contribution in [2.24, 2.45) is 0 Å². The minimum atomic E-state index is -0.822. The molecule has 0 aliphatic heterocycles. The summed E-state index contributed by atoms with van der Waals surface area (Å²) >= 11 is 0. The van der Waals surface area contributed by atoms with Gasteiger partial charge in [0, 0.05) is 6.54 Å². The highest BCUT2D eigenvalue weighted by atomic mass is 16.6. The number of rotatable bonds is 9. The van der Waals surface area contributed by atoms with E-state index in [1.54, 1.807) is 13.1 Å².